The Morgan fingerprint density at radius 1 is 1.21 bits per heavy atom. The highest BCUT2D eigenvalue weighted by Crippen LogP contribution is 2.32. The molecule has 1 amide bonds. The summed E-state index contributed by atoms with van der Waals surface area (Å²) < 4.78 is 12.6. The smallest absolute Gasteiger partial charge is 0.230 e. The number of carbonyl (C=O) groups is 1. The van der Waals surface area contributed by atoms with Crippen LogP contribution in [0.4, 0.5) is 5.69 Å². The molecule has 3 heterocycles. The van der Waals surface area contributed by atoms with Crippen molar-refractivity contribution in [3.05, 3.63) is 60.0 Å². The van der Waals surface area contributed by atoms with Gasteiger partial charge in [-0.15, -0.1) is 11.3 Å². The van der Waals surface area contributed by atoms with Crippen molar-refractivity contribution in [3.63, 3.8) is 0 Å². The largest absolute Gasteiger partial charge is 0.493 e. The number of nitrogens with one attached hydrogen (secondary N) is 1. The molecule has 0 saturated heterocycles. The molecule has 3 aromatic heterocycles. The summed E-state index contributed by atoms with van der Waals surface area (Å²) in [4.78, 5) is 21.9. The number of anilines is 1. The lowest BCUT2D eigenvalue weighted by atomic mass is 10.1. The van der Waals surface area contributed by atoms with Crippen LogP contribution >= 0.6 is 11.3 Å². The quantitative estimate of drug-likeness (QED) is 0.540. The summed E-state index contributed by atoms with van der Waals surface area (Å²) in [5.74, 6) is 1.21. The van der Waals surface area contributed by atoms with Gasteiger partial charge in [-0.25, -0.2) is 4.98 Å². The standard InChI is InChI=1S/C20H18N4O3S/c1-26-17-6-5-13(8-18(17)27-2)16-11-24-15(12-28-20(24)23-16)9-19(25)22-14-4-3-7-21-10-14/h3-8,10-12H,9H2,1-2H3,(H,22,25). The van der Waals surface area contributed by atoms with Gasteiger partial charge in [-0.3, -0.25) is 14.2 Å². The van der Waals surface area contributed by atoms with Gasteiger partial charge in [-0.2, -0.15) is 0 Å². The van der Waals surface area contributed by atoms with Gasteiger partial charge in [-0.05, 0) is 30.3 Å². The van der Waals surface area contributed by atoms with Crippen molar-refractivity contribution >= 4 is 27.9 Å². The molecule has 28 heavy (non-hydrogen) atoms. The Labute approximate surface area is 165 Å². The van der Waals surface area contributed by atoms with Gasteiger partial charge in [0.1, 0.15) is 0 Å². The maximum atomic E-state index is 12.4. The van der Waals surface area contributed by atoms with Crippen LogP contribution in [-0.2, 0) is 11.2 Å². The minimum absolute atomic E-state index is 0.103. The van der Waals surface area contributed by atoms with E-state index in [1.807, 2.05) is 34.2 Å². The third-order valence-corrected chi connectivity index (χ3v) is 5.14. The highest BCUT2D eigenvalue weighted by molar-refractivity contribution is 7.15. The van der Waals surface area contributed by atoms with Crippen LogP contribution < -0.4 is 14.8 Å². The molecule has 0 unspecified atom stereocenters. The molecule has 0 saturated carbocycles. The van der Waals surface area contributed by atoms with Crippen LogP contribution in [0.1, 0.15) is 5.69 Å². The van der Waals surface area contributed by atoms with Crippen molar-refractivity contribution in [1.29, 1.82) is 0 Å². The molecule has 0 aliphatic carbocycles. The number of amides is 1. The van der Waals surface area contributed by atoms with Gasteiger partial charge in [0.2, 0.25) is 5.91 Å². The predicted octanol–water partition coefficient (Wildman–Crippen LogP) is 3.66. The molecule has 0 aliphatic rings. The summed E-state index contributed by atoms with van der Waals surface area (Å²) in [6, 6.07) is 9.26. The maximum Gasteiger partial charge on any atom is 0.230 e. The number of hydrogen-bond donors (Lipinski definition) is 1. The number of fused-ring (bicyclic) bond motifs is 1. The molecule has 0 radical (unpaired) electrons. The molecular formula is C20H18N4O3S. The number of hydrogen-bond acceptors (Lipinski definition) is 6. The number of nitrogens with zero attached hydrogens (tertiary/aromatic N) is 3. The summed E-state index contributed by atoms with van der Waals surface area (Å²) in [5, 5.41) is 4.80. The van der Waals surface area contributed by atoms with E-state index in [0.29, 0.717) is 17.2 Å². The lowest BCUT2D eigenvalue weighted by Crippen LogP contribution is -2.15. The summed E-state index contributed by atoms with van der Waals surface area (Å²) >= 11 is 1.50. The normalized spacial score (nSPS) is 10.8. The van der Waals surface area contributed by atoms with Crippen molar-refractivity contribution in [1.82, 2.24) is 14.4 Å². The number of ether oxygens (including phenoxy) is 2. The van der Waals surface area contributed by atoms with Crippen molar-refractivity contribution < 1.29 is 14.3 Å². The zero-order valence-electron chi connectivity index (χ0n) is 15.4. The molecule has 4 rings (SSSR count). The van der Waals surface area contributed by atoms with E-state index in [1.165, 1.54) is 11.3 Å². The summed E-state index contributed by atoms with van der Waals surface area (Å²) in [6.45, 7) is 0. The van der Waals surface area contributed by atoms with Crippen LogP contribution in [0, 0.1) is 0 Å². The van der Waals surface area contributed by atoms with E-state index in [1.54, 1.807) is 38.7 Å². The van der Waals surface area contributed by atoms with Crippen LogP contribution in [0.25, 0.3) is 16.2 Å². The lowest BCUT2D eigenvalue weighted by Gasteiger charge is -2.08. The first-order valence-corrected chi connectivity index (χ1v) is 9.43. The Balaban J connectivity index is 1.58. The third-order valence-electron chi connectivity index (χ3n) is 4.25. The van der Waals surface area contributed by atoms with Gasteiger partial charge in [0.05, 0.1) is 38.2 Å². The van der Waals surface area contributed by atoms with Crippen molar-refractivity contribution in [2.45, 2.75) is 6.42 Å². The van der Waals surface area contributed by atoms with E-state index < -0.39 is 0 Å². The van der Waals surface area contributed by atoms with E-state index in [9.17, 15) is 4.79 Å². The molecule has 7 nitrogen and oxygen atoms in total. The van der Waals surface area contributed by atoms with E-state index in [4.69, 9.17) is 9.47 Å². The molecule has 0 fully saturated rings. The predicted molar refractivity (Wildman–Crippen MR) is 108 cm³/mol. The Morgan fingerprint density at radius 2 is 2.07 bits per heavy atom. The first-order chi connectivity index (χ1) is 13.7. The average Bonchev–Trinajstić information content (AvgIpc) is 3.30. The monoisotopic (exact) mass is 394 g/mol. The summed E-state index contributed by atoms with van der Waals surface area (Å²) in [6.07, 6.45) is 5.46. The molecule has 4 aromatic rings. The zero-order valence-corrected chi connectivity index (χ0v) is 16.2. The van der Waals surface area contributed by atoms with Crippen LogP contribution in [0.2, 0.25) is 0 Å². The van der Waals surface area contributed by atoms with Crippen molar-refractivity contribution in [3.8, 4) is 22.8 Å². The second-order valence-corrected chi connectivity index (χ2v) is 6.88. The van der Waals surface area contributed by atoms with E-state index >= 15 is 0 Å². The van der Waals surface area contributed by atoms with Gasteiger partial charge < -0.3 is 14.8 Å². The molecule has 1 aromatic carbocycles. The second kappa shape index (κ2) is 7.69. The second-order valence-electron chi connectivity index (χ2n) is 6.04. The fourth-order valence-corrected chi connectivity index (χ4v) is 3.77. The minimum Gasteiger partial charge on any atom is -0.493 e. The zero-order chi connectivity index (χ0) is 19.5. The molecule has 142 valence electrons. The van der Waals surface area contributed by atoms with Crippen molar-refractivity contribution in [2.24, 2.45) is 0 Å². The SMILES string of the molecule is COc1ccc(-c2cn3c(CC(=O)Nc4cccnc4)csc3n2)cc1OC. The molecular weight excluding hydrogens is 376 g/mol. The first kappa shape index (κ1) is 18.0. The average molecular weight is 394 g/mol. The molecule has 0 atom stereocenters. The Hall–Kier alpha value is -3.39. The maximum absolute atomic E-state index is 12.4. The van der Waals surface area contributed by atoms with Gasteiger partial charge >= 0.3 is 0 Å². The van der Waals surface area contributed by atoms with E-state index in [0.717, 1.165) is 21.9 Å². The van der Waals surface area contributed by atoms with E-state index in [-0.39, 0.29) is 12.3 Å². The Morgan fingerprint density at radius 3 is 2.82 bits per heavy atom. The van der Waals surface area contributed by atoms with Crippen molar-refractivity contribution in [2.75, 3.05) is 19.5 Å². The van der Waals surface area contributed by atoms with Crippen LogP contribution in [0.3, 0.4) is 0 Å². The number of carbonyl (C=O) groups excluding carboxylic acids is 1. The number of benzene rings is 1. The van der Waals surface area contributed by atoms with Gasteiger partial charge in [0.25, 0.3) is 0 Å². The van der Waals surface area contributed by atoms with Crippen LogP contribution in [0.15, 0.2) is 54.3 Å². The highest BCUT2D eigenvalue weighted by atomic mass is 32.1. The minimum atomic E-state index is -0.103. The summed E-state index contributed by atoms with van der Waals surface area (Å²) in [7, 11) is 3.21. The fraction of sp³-hybridized carbons (Fsp3) is 0.150. The molecule has 8 heteroatoms. The molecule has 1 N–H and O–H groups in total. The number of imidazole rings is 1. The number of pyridine rings is 1. The van der Waals surface area contributed by atoms with Gasteiger partial charge in [-0.1, -0.05) is 0 Å². The molecule has 0 spiro atoms. The van der Waals surface area contributed by atoms with Crippen LogP contribution in [-0.4, -0.2) is 34.5 Å². The third kappa shape index (κ3) is 3.54. The fourth-order valence-electron chi connectivity index (χ4n) is 2.90. The number of aromatic nitrogens is 3. The Kier molecular flexibility index (Phi) is 4.94. The van der Waals surface area contributed by atoms with E-state index in [2.05, 4.69) is 15.3 Å². The molecule has 0 aliphatic heterocycles. The lowest BCUT2D eigenvalue weighted by molar-refractivity contribution is -0.115. The number of rotatable bonds is 6. The molecule has 0 bridgehead atoms. The highest BCUT2D eigenvalue weighted by Gasteiger charge is 2.14. The summed E-state index contributed by atoms with van der Waals surface area (Å²) in [5.41, 5.74) is 3.28. The van der Waals surface area contributed by atoms with Gasteiger partial charge in [0, 0.05) is 29.0 Å². The Bertz CT molecular complexity index is 1120. The van der Waals surface area contributed by atoms with Gasteiger partial charge in [0.15, 0.2) is 16.5 Å². The van der Waals surface area contributed by atoms with Crippen LogP contribution in [0.5, 0.6) is 11.5 Å². The first-order valence-electron chi connectivity index (χ1n) is 8.55. The topological polar surface area (TPSA) is 77.8 Å². The number of methoxy groups -OCH3 is 2. The number of thiazole rings is 1.